The molecule has 108 valence electrons. The summed E-state index contributed by atoms with van der Waals surface area (Å²) in [5.41, 5.74) is 2.69. The van der Waals surface area contributed by atoms with Gasteiger partial charge in [-0.1, -0.05) is 0 Å². The van der Waals surface area contributed by atoms with Crippen LogP contribution in [0.1, 0.15) is 5.56 Å². The summed E-state index contributed by atoms with van der Waals surface area (Å²) in [7, 11) is 1.45. The Labute approximate surface area is 126 Å². The maximum Gasteiger partial charge on any atom is 0.178 e. The van der Waals surface area contributed by atoms with Crippen LogP contribution in [0.15, 0.2) is 36.7 Å². The van der Waals surface area contributed by atoms with Crippen LogP contribution in [-0.4, -0.2) is 21.6 Å². The lowest BCUT2D eigenvalue weighted by Gasteiger charge is -2.06. The number of fused-ring (bicyclic) bond motifs is 1. The van der Waals surface area contributed by atoms with E-state index in [4.69, 9.17) is 17.0 Å². The van der Waals surface area contributed by atoms with Gasteiger partial charge in [-0.3, -0.25) is 4.98 Å². The first-order chi connectivity index (χ1) is 10.2. The topological polar surface area (TPSA) is 42.8 Å². The molecule has 21 heavy (non-hydrogen) atoms. The number of methoxy groups -OCH3 is 1. The third kappa shape index (κ3) is 2.67. The molecule has 0 unspecified atom stereocenters. The Morgan fingerprint density at radius 2 is 2.10 bits per heavy atom. The number of H-pyrrole nitrogens is 1. The van der Waals surface area contributed by atoms with Crippen LogP contribution >= 0.6 is 12.2 Å². The first-order valence-corrected chi connectivity index (χ1v) is 6.95. The Kier molecular flexibility index (Phi) is 3.70. The van der Waals surface area contributed by atoms with Crippen molar-refractivity contribution < 1.29 is 9.13 Å². The summed E-state index contributed by atoms with van der Waals surface area (Å²) in [6, 6.07) is 7.02. The van der Waals surface area contributed by atoms with Gasteiger partial charge in [-0.05, 0) is 36.3 Å². The molecule has 0 fully saturated rings. The van der Waals surface area contributed by atoms with E-state index in [-0.39, 0.29) is 5.75 Å². The van der Waals surface area contributed by atoms with Gasteiger partial charge in [0.1, 0.15) is 0 Å². The fraction of sp³-hybridized carbons (Fsp3) is 0.200. The van der Waals surface area contributed by atoms with E-state index in [1.807, 2.05) is 16.7 Å². The Morgan fingerprint density at radius 3 is 2.81 bits per heavy atom. The van der Waals surface area contributed by atoms with Gasteiger partial charge < -0.3 is 14.3 Å². The van der Waals surface area contributed by atoms with E-state index in [1.54, 1.807) is 18.5 Å². The molecule has 0 spiro atoms. The van der Waals surface area contributed by atoms with Crippen LogP contribution in [0.4, 0.5) is 4.39 Å². The molecule has 0 saturated carbocycles. The Balaban J connectivity index is 1.98. The van der Waals surface area contributed by atoms with Gasteiger partial charge in [0.2, 0.25) is 0 Å². The molecular formula is C15H14FN3OS. The van der Waals surface area contributed by atoms with E-state index in [0.29, 0.717) is 16.8 Å². The number of aromatic amines is 1. The van der Waals surface area contributed by atoms with Crippen molar-refractivity contribution in [1.29, 1.82) is 0 Å². The summed E-state index contributed by atoms with van der Waals surface area (Å²) in [6.07, 6.45) is 4.36. The first kappa shape index (κ1) is 13.8. The molecule has 3 aromatic rings. The predicted molar refractivity (Wildman–Crippen MR) is 81.6 cm³/mol. The van der Waals surface area contributed by atoms with Crippen molar-refractivity contribution >= 4 is 23.3 Å². The number of aromatic nitrogens is 3. The summed E-state index contributed by atoms with van der Waals surface area (Å²) in [6.45, 7) is 0.706. The van der Waals surface area contributed by atoms with E-state index in [2.05, 4.69) is 9.97 Å². The second-order valence-electron chi connectivity index (χ2n) is 4.69. The van der Waals surface area contributed by atoms with Gasteiger partial charge in [0, 0.05) is 31.1 Å². The van der Waals surface area contributed by atoms with Crippen LogP contribution in [-0.2, 0) is 13.0 Å². The number of hydrogen-bond donors (Lipinski definition) is 1. The van der Waals surface area contributed by atoms with E-state index in [0.717, 1.165) is 11.9 Å². The maximum atomic E-state index is 13.7. The van der Waals surface area contributed by atoms with E-state index in [1.165, 1.54) is 18.7 Å². The summed E-state index contributed by atoms with van der Waals surface area (Å²) < 4.78 is 21.3. The highest BCUT2D eigenvalue weighted by atomic mass is 32.1. The molecule has 0 amide bonds. The van der Waals surface area contributed by atoms with Crippen LogP contribution in [0.25, 0.3) is 11.0 Å². The molecule has 4 nitrogen and oxygen atoms in total. The van der Waals surface area contributed by atoms with Crippen LogP contribution in [0.3, 0.4) is 0 Å². The highest BCUT2D eigenvalue weighted by Crippen LogP contribution is 2.24. The number of nitrogens with one attached hydrogen (secondary N) is 1. The van der Waals surface area contributed by atoms with Gasteiger partial charge in [-0.2, -0.15) is 0 Å². The number of benzene rings is 1. The molecule has 3 rings (SSSR count). The Morgan fingerprint density at radius 1 is 1.33 bits per heavy atom. The zero-order chi connectivity index (χ0) is 14.8. The molecule has 0 bridgehead atoms. The maximum absolute atomic E-state index is 13.7. The van der Waals surface area contributed by atoms with Crippen molar-refractivity contribution in [2.24, 2.45) is 0 Å². The number of rotatable bonds is 4. The van der Waals surface area contributed by atoms with Crippen LogP contribution < -0.4 is 4.74 Å². The minimum Gasteiger partial charge on any atom is -0.494 e. The lowest BCUT2D eigenvalue weighted by Crippen LogP contribution is -2.01. The monoisotopic (exact) mass is 303 g/mol. The number of imidazole rings is 1. The molecule has 0 aliphatic carbocycles. The summed E-state index contributed by atoms with van der Waals surface area (Å²) in [5.74, 6) is -0.184. The zero-order valence-corrected chi connectivity index (χ0v) is 12.3. The highest BCUT2D eigenvalue weighted by Gasteiger charge is 2.10. The average molecular weight is 303 g/mol. The predicted octanol–water partition coefficient (Wildman–Crippen LogP) is 3.48. The molecule has 0 radical (unpaired) electrons. The molecule has 0 aliphatic heterocycles. The van der Waals surface area contributed by atoms with E-state index >= 15 is 0 Å². The molecule has 1 aromatic carbocycles. The van der Waals surface area contributed by atoms with Crippen LogP contribution in [0.5, 0.6) is 5.75 Å². The van der Waals surface area contributed by atoms with Crippen molar-refractivity contribution in [3.05, 3.63) is 52.8 Å². The number of aryl methyl sites for hydroxylation is 2. The van der Waals surface area contributed by atoms with E-state index in [9.17, 15) is 4.39 Å². The second kappa shape index (κ2) is 5.65. The average Bonchev–Trinajstić information content (AvgIpc) is 2.79. The van der Waals surface area contributed by atoms with Gasteiger partial charge in [0.05, 0.1) is 18.1 Å². The zero-order valence-electron chi connectivity index (χ0n) is 11.5. The second-order valence-corrected chi connectivity index (χ2v) is 5.08. The Hall–Kier alpha value is -2.21. The third-order valence-corrected chi connectivity index (χ3v) is 3.74. The summed E-state index contributed by atoms with van der Waals surface area (Å²) in [5, 5.41) is 0. The number of hydrogen-bond acceptors (Lipinski definition) is 3. The lowest BCUT2D eigenvalue weighted by molar-refractivity contribution is 0.387. The largest absolute Gasteiger partial charge is 0.494 e. The van der Waals surface area contributed by atoms with E-state index < -0.39 is 5.82 Å². The SMILES string of the molecule is COc1cc2c(cc1F)[nH]c(=S)n2CCc1ccncc1. The van der Waals surface area contributed by atoms with Crippen LogP contribution in [0, 0.1) is 10.6 Å². The van der Waals surface area contributed by atoms with Crippen molar-refractivity contribution in [2.45, 2.75) is 13.0 Å². The van der Waals surface area contributed by atoms with Gasteiger partial charge >= 0.3 is 0 Å². The van der Waals surface area contributed by atoms with Crippen molar-refractivity contribution in [2.75, 3.05) is 7.11 Å². The first-order valence-electron chi connectivity index (χ1n) is 6.54. The molecule has 2 heterocycles. The molecule has 0 aliphatic rings. The Bertz CT molecular complexity index is 826. The fourth-order valence-corrected chi connectivity index (χ4v) is 2.63. The molecule has 2 aromatic heterocycles. The molecule has 1 N–H and O–H groups in total. The normalized spacial score (nSPS) is 11.0. The van der Waals surface area contributed by atoms with Gasteiger partial charge in [0.15, 0.2) is 16.3 Å². The highest BCUT2D eigenvalue weighted by molar-refractivity contribution is 7.71. The van der Waals surface area contributed by atoms with Crippen molar-refractivity contribution in [1.82, 2.24) is 14.5 Å². The number of halogens is 1. The van der Waals surface area contributed by atoms with Crippen LogP contribution in [0.2, 0.25) is 0 Å². The number of ether oxygens (including phenoxy) is 1. The third-order valence-electron chi connectivity index (χ3n) is 3.42. The number of nitrogens with zero attached hydrogens (tertiary/aromatic N) is 2. The van der Waals surface area contributed by atoms with Crippen molar-refractivity contribution in [3.8, 4) is 5.75 Å². The minimum atomic E-state index is -0.400. The molecule has 6 heteroatoms. The molecule has 0 atom stereocenters. The van der Waals surface area contributed by atoms with Gasteiger partial charge in [0.25, 0.3) is 0 Å². The minimum absolute atomic E-state index is 0.217. The molecular weight excluding hydrogens is 289 g/mol. The van der Waals surface area contributed by atoms with Gasteiger partial charge in [-0.15, -0.1) is 0 Å². The summed E-state index contributed by atoms with van der Waals surface area (Å²) in [4.78, 5) is 7.02. The summed E-state index contributed by atoms with van der Waals surface area (Å²) >= 11 is 5.32. The smallest absolute Gasteiger partial charge is 0.178 e. The quantitative estimate of drug-likeness (QED) is 0.750. The van der Waals surface area contributed by atoms with Crippen molar-refractivity contribution in [3.63, 3.8) is 0 Å². The fourth-order valence-electron chi connectivity index (χ4n) is 2.33. The standard InChI is InChI=1S/C15H14FN3OS/c1-20-14-9-13-12(8-11(14)16)18-15(21)19(13)7-4-10-2-5-17-6-3-10/h2-3,5-6,8-9H,4,7H2,1H3,(H,18,21). The lowest BCUT2D eigenvalue weighted by atomic mass is 10.2. The molecule has 0 saturated heterocycles. The van der Waals surface area contributed by atoms with Gasteiger partial charge in [-0.25, -0.2) is 4.39 Å². The number of pyridine rings is 1.